The average molecular weight is 475 g/mol. The SMILES string of the molecule is CCCCCCCCCCCCCCCCCCCCCCC1c2ccccc2-c2ccccc21. The monoisotopic (exact) mass is 474 g/mol. The molecule has 0 heteroatoms. The Kier molecular flexibility index (Phi) is 14.3. The summed E-state index contributed by atoms with van der Waals surface area (Å²) >= 11 is 0. The van der Waals surface area contributed by atoms with Crippen LogP contribution in [0.2, 0.25) is 0 Å². The van der Waals surface area contributed by atoms with Gasteiger partial charge in [0.25, 0.3) is 0 Å². The van der Waals surface area contributed by atoms with Crippen LogP contribution in [-0.2, 0) is 0 Å². The highest BCUT2D eigenvalue weighted by Crippen LogP contribution is 2.46. The maximum Gasteiger partial charge on any atom is 0.0102 e. The Morgan fingerprint density at radius 2 is 0.714 bits per heavy atom. The molecule has 0 aromatic heterocycles. The van der Waals surface area contributed by atoms with E-state index in [1.54, 1.807) is 11.1 Å². The summed E-state index contributed by atoms with van der Waals surface area (Å²) in [6.07, 6.45) is 30.4. The van der Waals surface area contributed by atoms with Crippen LogP contribution in [0.1, 0.15) is 159 Å². The highest BCUT2D eigenvalue weighted by atomic mass is 14.3. The second-order valence-corrected chi connectivity index (χ2v) is 11.2. The minimum absolute atomic E-state index is 0.623. The average Bonchev–Trinajstić information content (AvgIpc) is 3.21. The molecule has 35 heavy (non-hydrogen) atoms. The van der Waals surface area contributed by atoms with Gasteiger partial charge in [-0.05, 0) is 28.7 Å². The first-order valence-electron chi connectivity index (χ1n) is 15.6. The van der Waals surface area contributed by atoms with Gasteiger partial charge in [-0.1, -0.05) is 184 Å². The van der Waals surface area contributed by atoms with Crippen LogP contribution in [0.3, 0.4) is 0 Å². The van der Waals surface area contributed by atoms with Crippen molar-refractivity contribution in [2.75, 3.05) is 0 Å². The molecule has 0 fully saturated rings. The van der Waals surface area contributed by atoms with Gasteiger partial charge in [-0.25, -0.2) is 0 Å². The van der Waals surface area contributed by atoms with Crippen LogP contribution in [0.25, 0.3) is 11.1 Å². The van der Waals surface area contributed by atoms with E-state index < -0.39 is 0 Å². The Hall–Kier alpha value is -1.56. The van der Waals surface area contributed by atoms with Crippen molar-refractivity contribution in [1.82, 2.24) is 0 Å². The molecule has 1 aliphatic carbocycles. The second kappa shape index (κ2) is 17.8. The summed E-state index contributed by atoms with van der Waals surface area (Å²) in [6.45, 7) is 2.30. The lowest BCUT2D eigenvalue weighted by molar-refractivity contribution is 0.518. The van der Waals surface area contributed by atoms with E-state index >= 15 is 0 Å². The van der Waals surface area contributed by atoms with Crippen molar-refractivity contribution in [1.29, 1.82) is 0 Å². The van der Waals surface area contributed by atoms with E-state index in [0.29, 0.717) is 5.92 Å². The van der Waals surface area contributed by atoms with E-state index in [4.69, 9.17) is 0 Å². The van der Waals surface area contributed by atoms with E-state index in [0.717, 1.165) is 0 Å². The normalized spacial score (nSPS) is 12.7. The molecule has 0 unspecified atom stereocenters. The maximum absolute atomic E-state index is 2.36. The fourth-order valence-corrected chi connectivity index (χ4v) is 6.17. The molecule has 2 aromatic carbocycles. The Morgan fingerprint density at radius 3 is 1.09 bits per heavy atom. The third-order valence-electron chi connectivity index (χ3n) is 8.31. The van der Waals surface area contributed by atoms with Crippen molar-refractivity contribution in [3.8, 4) is 11.1 Å². The van der Waals surface area contributed by atoms with Crippen molar-refractivity contribution < 1.29 is 0 Å². The topological polar surface area (TPSA) is 0 Å². The molecular weight excluding hydrogens is 420 g/mol. The largest absolute Gasteiger partial charge is 0.0654 e. The number of fused-ring (bicyclic) bond motifs is 3. The molecule has 3 rings (SSSR count). The maximum atomic E-state index is 2.36. The summed E-state index contributed by atoms with van der Waals surface area (Å²) < 4.78 is 0. The van der Waals surface area contributed by atoms with Gasteiger partial charge >= 0.3 is 0 Å². The molecule has 0 spiro atoms. The summed E-state index contributed by atoms with van der Waals surface area (Å²) in [6, 6.07) is 18.2. The fourth-order valence-electron chi connectivity index (χ4n) is 6.17. The van der Waals surface area contributed by atoms with Gasteiger partial charge < -0.3 is 0 Å². The number of benzene rings is 2. The van der Waals surface area contributed by atoms with Gasteiger partial charge in [0.2, 0.25) is 0 Å². The van der Waals surface area contributed by atoms with E-state index in [2.05, 4.69) is 55.5 Å². The lowest BCUT2D eigenvalue weighted by atomic mass is 9.91. The lowest BCUT2D eigenvalue weighted by Gasteiger charge is -2.13. The molecule has 0 aliphatic heterocycles. The number of hydrogen-bond acceptors (Lipinski definition) is 0. The van der Waals surface area contributed by atoms with Crippen LogP contribution in [0.15, 0.2) is 48.5 Å². The van der Waals surface area contributed by atoms with Gasteiger partial charge in [0, 0.05) is 5.92 Å². The molecule has 0 amide bonds. The first kappa shape index (κ1) is 28.0. The molecule has 0 bridgehead atoms. The molecule has 2 aromatic rings. The molecule has 0 saturated heterocycles. The van der Waals surface area contributed by atoms with Crippen LogP contribution in [0, 0.1) is 0 Å². The van der Waals surface area contributed by atoms with Crippen molar-refractivity contribution >= 4 is 0 Å². The Morgan fingerprint density at radius 1 is 0.400 bits per heavy atom. The Balaban J connectivity index is 1.09. The molecule has 0 nitrogen and oxygen atoms in total. The van der Waals surface area contributed by atoms with E-state index in [1.165, 1.54) is 146 Å². The van der Waals surface area contributed by atoms with E-state index in [9.17, 15) is 0 Å². The van der Waals surface area contributed by atoms with Crippen LogP contribution >= 0.6 is 0 Å². The van der Waals surface area contributed by atoms with Gasteiger partial charge in [-0.2, -0.15) is 0 Å². The standard InChI is InChI=1S/C35H54/c1-2-3-4-5-6-7-8-9-10-11-12-13-14-15-16-17-18-19-20-21-26-31-32-27-22-24-29-34(32)35-30-25-23-28-33(31)35/h22-25,27-31H,2-21,26H2,1H3. The van der Waals surface area contributed by atoms with Gasteiger partial charge in [-0.3, -0.25) is 0 Å². The molecule has 0 radical (unpaired) electrons. The van der Waals surface area contributed by atoms with E-state index in [1.807, 2.05) is 0 Å². The zero-order valence-electron chi connectivity index (χ0n) is 23.0. The first-order chi connectivity index (χ1) is 17.4. The minimum atomic E-state index is 0.623. The summed E-state index contributed by atoms with van der Waals surface area (Å²) in [5.74, 6) is 0.623. The molecule has 194 valence electrons. The number of rotatable bonds is 21. The highest BCUT2D eigenvalue weighted by Gasteiger charge is 2.27. The minimum Gasteiger partial charge on any atom is -0.0654 e. The van der Waals surface area contributed by atoms with Crippen molar-refractivity contribution in [3.05, 3.63) is 59.7 Å². The van der Waals surface area contributed by atoms with Crippen LogP contribution in [0.4, 0.5) is 0 Å². The van der Waals surface area contributed by atoms with Gasteiger partial charge in [0.1, 0.15) is 0 Å². The fraction of sp³-hybridized carbons (Fsp3) is 0.657. The quantitative estimate of drug-likeness (QED) is 0.158. The van der Waals surface area contributed by atoms with Gasteiger partial charge in [0.15, 0.2) is 0 Å². The predicted molar refractivity (Wildman–Crippen MR) is 156 cm³/mol. The molecular formula is C35H54. The van der Waals surface area contributed by atoms with Gasteiger partial charge in [0.05, 0.1) is 0 Å². The molecule has 1 aliphatic rings. The lowest BCUT2D eigenvalue weighted by Crippen LogP contribution is -1.96. The molecule has 0 saturated carbocycles. The second-order valence-electron chi connectivity index (χ2n) is 11.2. The zero-order chi connectivity index (χ0) is 24.4. The summed E-state index contributed by atoms with van der Waals surface area (Å²) in [4.78, 5) is 0. The van der Waals surface area contributed by atoms with Crippen molar-refractivity contribution in [3.63, 3.8) is 0 Å². The summed E-state index contributed by atoms with van der Waals surface area (Å²) in [5, 5.41) is 0. The molecule has 0 atom stereocenters. The summed E-state index contributed by atoms with van der Waals surface area (Å²) in [5.41, 5.74) is 6.07. The Bertz CT molecular complexity index is 743. The predicted octanol–water partition coefficient (Wildman–Crippen LogP) is 12.0. The number of hydrogen-bond donors (Lipinski definition) is 0. The highest BCUT2D eigenvalue weighted by molar-refractivity contribution is 5.78. The molecule has 0 N–H and O–H groups in total. The van der Waals surface area contributed by atoms with Crippen molar-refractivity contribution in [2.24, 2.45) is 0 Å². The molecule has 0 heterocycles. The first-order valence-corrected chi connectivity index (χ1v) is 15.6. The van der Waals surface area contributed by atoms with Crippen LogP contribution < -0.4 is 0 Å². The van der Waals surface area contributed by atoms with Crippen molar-refractivity contribution in [2.45, 2.75) is 148 Å². The smallest absolute Gasteiger partial charge is 0.0102 e. The Labute approximate surface area is 218 Å². The third kappa shape index (κ3) is 10.1. The third-order valence-corrected chi connectivity index (χ3v) is 8.31. The van der Waals surface area contributed by atoms with Crippen LogP contribution in [0.5, 0.6) is 0 Å². The van der Waals surface area contributed by atoms with Gasteiger partial charge in [-0.15, -0.1) is 0 Å². The zero-order valence-corrected chi connectivity index (χ0v) is 23.0. The number of unbranched alkanes of at least 4 members (excludes halogenated alkanes) is 19. The van der Waals surface area contributed by atoms with Crippen LogP contribution in [-0.4, -0.2) is 0 Å². The summed E-state index contributed by atoms with van der Waals surface area (Å²) in [7, 11) is 0. The van der Waals surface area contributed by atoms with E-state index in [-0.39, 0.29) is 0 Å².